The first kappa shape index (κ1) is 13.5. The summed E-state index contributed by atoms with van der Waals surface area (Å²) in [4.78, 5) is 8.61. The van der Waals surface area contributed by atoms with E-state index in [9.17, 15) is 0 Å². The maximum atomic E-state index is 5.81. The van der Waals surface area contributed by atoms with Crippen molar-refractivity contribution in [3.05, 3.63) is 29.2 Å². The minimum Gasteiger partial charge on any atom is -0.381 e. The minimum absolute atomic E-state index is 0.0716. The number of aromatic nitrogens is 3. The summed E-state index contributed by atoms with van der Waals surface area (Å²) in [5.74, 6) is 1.12. The monoisotopic (exact) mass is 294 g/mol. The lowest BCUT2D eigenvalue weighted by Crippen LogP contribution is -2.39. The summed E-state index contributed by atoms with van der Waals surface area (Å²) in [6.45, 7) is 1.34. The van der Waals surface area contributed by atoms with Crippen LogP contribution in [0.25, 0.3) is 11.5 Å². The van der Waals surface area contributed by atoms with Gasteiger partial charge in [-0.05, 0) is 25.6 Å². The van der Waals surface area contributed by atoms with Gasteiger partial charge in [-0.15, -0.1) is 0 Å². The van der Waals surface area contributed by atoms with Gasteiger partial charge in [0.15, 0.2) is 0 Å². The fourth-order valence-corrected chi connectivity index (χ4v) is 2.44. The van der Waals surface area contributed by atoms with E-state index < -0.39 is 0 Å². The van der Waals surface area contributed by atoms with Crippen LogP contribution in [0.15, 0.2) is 22.9 Å². The Bertz CT molecular complexity index is 572. The molecule has 0 aromatic carbocycles. The van der Waals surface area contributed by atoms with E-state index in [4.69, 9.17) is 20.9 Å². The molecule has 0 amide bonds. The van der Waals surface area contributed by atoms with Gasteiger partial charge in [0, 0.05) is 18.8 Å². The summed E-state index contributed by atoms with van der Waals surface area (Å²) in [6.07, 6.45) is 2.49. The lowest BCUT2D eigenvalue weighted by molar-refractivity contribution is 0.0516. The Morgan fingerprint density at radius 2 is 2.30 bits per heavy atom. The molecular formula is C13H15ClN4O2. The van der Waals surface area contributed by atoms with E-state index in [1.54, 1.807) is 18.3 Å². The Morgan fingerprint density at radius 3 is 3.05 bits per heavy atom. The van der Waals surface area contributed by atoms with Gasteiger partial charge in [-0.1, -0.05) is 16.8 Å². The third kappa shape index (κ3) is 2.67. The highest BCUT2D eigenvalue weighted by Gasteiger charge is 2.30. The lowest BCUT2D eigenvalue weighted by Gasteiger charge is -2.28. The first-order chi connectivity index (χ1) is 9.78. The summed E-state index contributed by atoms with van der Waals surface area (Å²) in [5, 5.41) is 7.83. The van der Waals surface area contributed by atoms with Gasteiger partial charge in [0.25, 0.3) is 0 Å². The normalized spacial score (nSPS) is 22.9. The van der Waals surface area contributed by atoms with Crippen LogP contribution in [-0.4, -0.2) is 41.4 Å². The van der Waals surface area contributed by atoms with E-state index in [1.165, 1.54) is 0 Å². The van der Waals surface area contributed by atoms with Crippen LogP contribution in [0.3, 0.4) is 0 Å². The van der Waals surface area contributed by atoms with Crippen molar-refractivity contribution in [3.8, 4) is 11.5 Å². The highest BCUT2D eigenvalue weighted by Crippen LogP contribution is 2.26. The molecule has 1 N–H and O–H groups in total. The fraction of sp³-hybridized carbons (Fsp3) is 0.462. The molecule has 3 heterocycles. The second-order valence-electron chi connectivity index (χ2n) is 4.68. The molecule has 1 aliphatic heterocycles. The van der Waals surface area contributed by atoms with Crippen molar-refractivity contribution >= 4 is 11.6 Å². The number of likely N-dealkylation sites (N-methyl/N-ethyl adjacent to an activating group) is 1. The van der Waals surface area contributed by atoms with Crippen molar-refractivity contribution in [2.75, 3.05) is 20.3 Å². The predicted octanol–water partition coefficient (Wildman–Crippen LogP) is 1.88. The SMILES string of the molecule is CNC1CCOCC1c1nc(-c2ccc(Cl)cn2)no1. The topological polar surface area (TPSA) is 73.1 Å². The van der Waals surface area contributed by atoms with Gasteiger partial charge in [0.1, 0.15) is 5.69 Å². The van der Waals surface area contributed by atoms with Gasteiger partial charge in [0.05, 0.1) is 17.5 Å². The van der Waals surface area contributed by atoms with Gasteiger partial charge in [-0.2, -0.15) is 4.98 Å². The zero-order valence-corrected chi connectivity index (χ0v) is 11.8. The smallest absolute Gasteiger partial charge is 0.234 e. The number of nitrogens with zero attached hydrogens (tertiary/aromatic N) is 3. The van der Waals surface area contributed by atoms with Crippen molar-refractivity contribution in [1.29, 1.82) is 0 Å². The molecule has 20 heavy (non-hydrogen) atoms. The Morgan fingerprint density at radius 1 is 1.40 bits per heavy atom. The summed E-state index contributed by atoms with van der Waals surface area (Å²) in [5.41, 5.74) is 0.641. The molecule has 0 saturated carbocycles. The number of nitrogens with one attached hydrogen (secondary N) is 1. The number of hydrogen-bond donors (Lipinski definition) is 1. The molecule has 0 radical (unpaired) electrons. The maximum absolute atomic E-state index is 5.81. The van der Waals surface area contributed by atoms with Gasteiger partial charge in [-0.3, -0.25) is 4.98 Å². The molecule has 1 aliphatic rings. The van der Waals surface area contributed by atoms with E-state index >= 15 is 0 Å². The standard InChI is InChI=1S/C13H15ClN4O2/c1-15-10-4-5-19-7-9(10)13-17-12(18-20-13)11-3-2-8(14)6-16-11/h2-3,6,9-10,15H,4-5,7H2,1H3. The second-order valence-corrected chi connectivity index (χ2v) is 5.12. The van der Waals surface area contributed by atoms with Crippen molar-refractivity contribution in [3.63, 3.8) is 0 Å². The number of ether oxygens (including phenoxy) is 1. The Balaban J connectivity index is 1.84. The second kappa shape index (κ2) is 5.87. The summed E-state index contributed by atoms with van der Waals surface area (Å²) in [6, 6.07) is 3.81. The van der Waals surface area contributed by atoms with Crippen LogP contribution in [0.5, 0.6) is 0 Å². The minimum atomic E-state index is 0.0716. The molecule has 106 valence electrons. The Labute approximate surface area is 121 Å². The molecule has 2 aromatic rings. The Hall–Kier alpha value is -1.50. The van der Waals surface area contributed by atoms with E-state index in [1.807, 2.05) is 7.05 Å². The fourth-order valence-electron chi connectivity index (χ4n) is 2.32. The molecular weight excluding hydrogens is 280 g/mol. The number of pyridine rings is 1. The van der Waals surface area contributed by atoms with Crippen molar-refractivity contribution in [1.82, 2.24) is 20.4 Å². The lowest BCUT2D eigenvalue weighted by atomic mass is 9.96. The third-order valence-corrected chi connectivity index (χ3v) is 3.67. The van der Waals surface area contributed by atoms with Crippen LogP contribution in [0.4, 0.5) is 0 Å². The number of halogens is 1. The molecule has 0 spiro atoms. The zero-order chi connectivity index (χ0) is 13.9. The first-order valence-electron chi connectivity index (χ1n) is 6.48. The molecule has 0 bridgehead atoms. The summed E-state index contributed by atoms with van der Waals surface area (Å²) in [7, 11) is 1.93. The highest BCUT2D eigenvalue weighted by atomic mass is 35.5. The average molecular weight is 295 g/mol. The molecule has 1 fully saturated rings. The molecule has 2 unspecified atom stereocenters. The van der Waals surface area contributed by atoms with E-state index in [-0.39, 0.29) is 12.0 Å². The van der Waals surface area contributed by atoms with Crippen molar-refractivity contribution in [2.45, 2.75) is 18.4 Å². The van der Waals surface area contributed by atoms with Crippen LogP contribution in [0, 0.1) is 0 Å². The van der Waals surface area contributed by atoms with E-state index in [0.29, 0.717) is 29.0 Å². The number of rotatable bonds is 3. The molecule has 0 aliphatic carbocycles. The third-order valence-electron chi connectivity index (χ3n) is 3.44. The van der Waals surface area contributed by atoms with Crippen LogP contribution >= 0.6 is 11.6 Å². The summed E-state index contributed by atoms with van der Waals surface area (Å²) >= 11 is 5.81. The van der Waals surface area contributed by atoms with Gasteiger partial charge in [-0.25, -0.2) is 0 Å². The maximum Gasteiger partial charge on any atom is 0.234 e. The predicted molar refractivity (Wildman–Crippen MR) is 73.6 cm³/mol. The Kier molecular flexibility index (Phi) is 3.95. The van der Waals surface area contributed by atoms with Gasteiger partial charge < -0.3 is 14.6 Å². The quantitative estimate of drug-likeness (QED) is 0.932. The van der Waals surface area contributed by atoms with Crippen molar-refractivity contribution < 1.29 is 9.26 Å². The largest absolute Gasteiger partial charge is 0.381 e. The molecule has 7 heteroatoms. The van der Waals surface area contributed by atoms with Crippen LogP contribution in [0.1, 0.15) is 18.2 Å². The van der Waals surface area contributed by atoms with Gasteiger partial charge in [0.2, 0.25) is 11.7 Å². The zero-order valence-electron chi connectivity index (χ0n) is 11.0. The molecule has 6 nitrogen and oxygen atoms in total. The van der Waals surface area contributed by atoms with Crippen LogP contribution < -0.4 is 5.32 Å². The first-order valence-corrected chi connectivity index (χ1v) is 6.86. The molecule has 3 rings (SSSR count). The van der Waals surface area contributed by atoms with E-state index in [2.05, 4.69) is 20.4 Å². The van der Waals surface area contributed by atoms with Crippen LogP contribution in [-0.2, 0) is 4.74 Å². The molecule has 2 atom stereocenters. The highest BCUT2D eigenvalue weighted by molar-refractivity contribution is 6.30. The summed E-state index contributed by atoms with van der Waals surface area (Å²) < 4.78 is 10.9. The van der Waals surface area contributed by atoms with Gasteiger partial charge >= 0.3 is 0 Å². The van der Waals surface area contributed by atoms with E-state index in [0.717, 1.165) is 13.0 Å². The number of hydrogen-bond acceptors (Lipinski definition) is 6. The van der Waals surface area contributed by atoms with Crippen LogP contribution in [0.2, 0.25) is 5.02 Å². The van der Waals surface area contributed by atoms with Crippen molar-refractivity contribution in [2.24, 2.45) is 0 Å². The average Bonchev–Trinajstić information content (AvgIpc) is 2.97. The molecule has 2 aromatic heterocycles. The molecule has 1 saturated heterocycles.